The third-order valence-corrected chi connectivity index (χ3v) is 6.65. The summed E-state index contributed by atoms with van der Waals surface area (Å²) in [6, 6.07) is 37.8. The van der Waals surface area contributed by atoms with Crippen LogP contribution < -0.4 is 4.90 Å². The Balaban J connectivity index is 1.72. The van der Waals surface area contributed by atoms with Gasteiger partial charge in [-0.15, -0.1) is 0 Å². The predicted molar refractivity (Wildman–Crippen MR) is 132 cm³/mol. The normalized spacial score (nSPS) is 15.3. The zero-order chi connectivity index (χ0) is 21.2. The lowest BCUT2D eigenvalue weighted by atomic mass is 9.98. The van der Waals surface area contributed by atoms with Gasteiger partial charge in [-0.2, -0.15) is 0 Å². The van der Waals surface area contributed by atoms with Crippen LogP contribution in [0.1, 0.15) is 11.8 Å². The molecule has 0 spiro atoms. The lowest BCUT2D eigenvalue weighted by molar-refractivity contribution is 0.180. The summed E-state index contributed by atoms with van der Waals surface area (Å²) in [5.41, 5.74) is 4.07. The van der Waals surface area contributed by atoms with Gasteiger partial charge in [0.1, 0.15) is 5.82 Å². The number of rotatable bonds is 1. The molecular formula is C29H20N2O. The monoisotopic (exact) mass is 412 g/mol. The summed E-state index contributed by atoms with van der Waals surface area (Å²) in [5.74, 6) is 0.971. The van der Waals surface area contributed by atoms with Crippen molar-refractivity contribution in [3.63, 3.8) is 0 Å². The van der Waals surface area contributed by atoms with Crippen LogP contribution in [0, 0.1) is 0 Å². The number of aliphatic hydroxyl groups excluding tert-OH is 1. The molecule has 0 fully saturated rings. The van der Waals surface area contributed by atoms with Crippen LogP contribution in [-0.4, -0.2) is 9.67 Å². The van der Waals surface area contributed by atoms with E-state index in [1.54, 1.807) is 0 Å². The molecule has 0 saturated carbocycles. The fraction of sp³-hybridized carbons (Fsp3) is 0.0345. The Kier molecular flexibility index (Phi) is 3.55. The molecule has 1 aliphatic heterocycles. The van der Waals surface area contributed by atoms with Crippen LogP contribution in [0.5, 0.6) is 0 Å². The van der Waals surface area contributed by atoms with Crippen molar-refractivity contribution >= 4 is 44.0 Å². The highest BCUT2D eigenvalue weighted by Crippen LogP contribution is 2.48. The van der Waals surface area contributed by atoms with Gasteiger partial charge in [-0.3, -0.25) is 9.47 Å². The van der Waals surface area contributed by atoms with Gasteiger partial charge in [-0.1, -0.05) is 84.9 Å². The van der Waals surface area contributed by atoms with Gasteiger partial charge < -0.3 is 5.11 Å². The number of nitrogens with zero attached hydrogens (tertiary/aromatic N) is 2. The molecule has 2 heterocycles. The van der Waals surface area contributed by atoms with E-state index in [0.29, 0.717) is 0 Å². The average Bonchev–Trinajstić information content (AvgIpc) is 3.26. The number of anilines is 2. The van der Waals surface area contributed by atoms with Crippen molar-refractivity contribution in [2.24, 2.45) is 0 Å². The van der Waals surface area contributed by atoms with Crippen molar-refractivity contribution in [3.8, 4) is 5.69 Å². The number of para-hydroxylation sites is 2. The van der Waals surface area contributed by atoms with Gasteiger partial charge >= 0.3 is 0 Å². The Morgan fingerprint density at radius 3 is 1.88 bits per heavy atom. The van der Waals surface area contributed by atoms with Gasteiger partial charge in [-0.25, -0.2) is 0 Å². The van der Waals surface area contributed by atoms with Gasteiger partial charge in [0.2, 0.25) is 0 Å². The predicted octanol–water partition coefficient (Wildman–Crippen LogP) is 7.08. The van der Waals surface area contributed by atoms with Gasteiger partial charge in [0.05, 0.1) is 11.2 Å². The number of fused-ring (bicyclic) bond motifs is 10. The molecule has 0 saturated heterocycles. The molecular weight excluding hydrogens is 392 g/mol. The second-order valence-corrected chi connectivity index (χ2v) is 8.33. The maximum Gasteiger partial charge on any atom is 0.160 e. The van der Waals surface area contributed by atoms with Crippen molar-refractivity contribution < 1.29 is 5.11 Å². The molecule has 0 radical (unpaired) electrons. The molecule has 0 aliphatic carbocycles. The fourth-order valence-electron chi connectivity index (χ4n) is 5.30. The SMILES string of the molecule is OC1c2ccccc2-n2c(cc3c4ccccc4c4ccccc4c32)N1c1ccccc1. The van der Waals surface area contributed by atoms with Crippen LogP contribution in [0.15, 0.2) is 109 Å². The summed E-state index contributed by atoms with van der Waals surface area (Å²) < 4.78 is 2.32. The Morgan fingerprint density at radius 2 is 1.12 bits per heavy atom. The third-order valence-electron chi connectivity index (χ3n) is 6.65. The molecule has 0 bridgehead atoms. The summed E-state index contributed by atoms with van der Waals surface area (Å²) >= 11 is 0. The summed E-state index contributed by atoms with van der Waals surface area (Å²) in [6.45, 7) is 0. The molecule has 1 unspecified atom stereocenters. The summed E-state index contributed by atoms with van der Waals surface area (Å²) in [7, 11) is 0. The minimum atomic E-state index is -0.761. The highest BCUT2D eigenvalue weighted by Gasteiger charge is 2.33. The maximum absolute atomic E-state index is 11.5. The van der Waals surface area contributed by atoms with Crippen LogP contribution in [0.25, 0.3) is 38.1 Å². The molecule has 3 nitrogen and oxygen atoms in total. The van der Waals surface area contributed by atoms with E-state index in [0.717, 1.165) is 22.8 Å². The summed E-state index contributed by atoms with van der Waals surface area (Å²) in [6.07, 6.45) is -0.761. The standard InChI is InChI=1S/C29H20N2O/c32-29-24-16-8-9-17-26(24)31-27(30(29)19-10-2-1-3-11-19)18-25-22-14-5-4-12-20(22)21-13-6-7-15-23(21)28(25)31/h1-18,29,32H. The minimum Gasteiger partial charge on any atom is -0.369 e. The molecule has 1 N–H and O–H groups in total. The topological polar surface area (TPSA) is 28.4 Å². The first kappa shape index (κ1) is 17.6. The molecule has 152 valence electrons. The molecule has 5 aromatic carbocycles. The number of aromatic nitrogens is 1. The second kappa shape index (κ2) is 6.46. The van der Waals surface area contributed by atoms with Crippen LogP contribution in [0.2, 0.25) is 0 Å². The number of aliphatic hydroxyl groups is 1. The third kappa shape index (κ3) is 2.23. The zero-order valence-electron chi connectivity index (χ0n) is 17.3. The molecule has 32 heavy (non-hydrogen) atoms. The lowest BCUT2D eigenvalue weighted by Crippen LogP contribution is -2.30. The van der Waals surface area contributed by atoms with Crippen molar-refractivity contribution in [3.05, 3.63) is 115 Å². The first-order chi connectivity index (χ1) is 15.8. The molecule has 1 atom stereocenters. The fourth-order valence-corrected chi connectivity index (χ4v) is 5.30. The average molecular weight is 412 g/mol. The zero-order valence-corrected chi connectivity index (χ0v) is 17.3. The van der Waals surface area contributed by atoms with Gasteiger partial charge in [-0.05, 0) is 40.4 Å². The van der Waals surface area contributed by atoms with E-state index in [-0.39, 0.29) is 0 Å². The maximum atomic E-state index is 11.5. The summed E-state index contributed by atoms with van der Waals surface area (Å²) in [4.78, 5) is 2.03. The second-order valence-electron chi connectivity index (χ2n) is 8.33. The van der Waals surface area contributed by atoms with Gasteiger partial charge in [0, 0.05) is 22.0 Å². The highest BCUT2D eigenvalue weighted by molar-refractivity contribution is 6.25. The Labute approximate surface area is 185 Å². The minimum absolute atomic E-state index is 0.761. The first-order valence-corrected chi connectivity index (χ1v) is 10.9. The van der Waals surface area contributed by atoms with E-state index in [9.17, 15) is 5.11 Å². The highest BCUT2D eigenvalue weighted by atomic mass is 16.3. The quantitative estimate of drug-likeness (QED) is 0.292. The summed E-state index contributed by atoms with van der Waals surface area (Å²) in [5, 5.41) is 17.6. The Hall–Kier alpha value is -4.08. The molecule has 1 aliphatic rings. The molecule has 0 amide bonds. The van der Waals surface area contributed by atoms with Crippen molar-refractivity contribution in [2.45, 2.75) is 6.23 Å². The number of hydrogen-bond acceptors (Lipinski definition) is 2. The van der Waals surface area contributed by atoms with Crippen LogP contribution in [0.3, 0.4) is 0 Å². The number of benzene rings is 5. The van der Waals surface area contributed by atoms with E-state index in [4.69, 9.17) is 0 Å². The Morgan fingerprint density at radius 1 is 0.562 bits per heavy atom. The first-order valence-electron chi connectivity index (χ1n) is 10.9. The van der Waals surface area contributed by atoms with E-state index < -0.39 is 6.23 Å². The van der Waals surface area contributed by atoms with Crippen LogP contribution >= 0.6 is 0 Å². The van der Waals surface area contributed by atoms with Crippen LogP contribution in [0.4, 0.5) is 11.5 Å². The van der Waals surface area contributed by atoms with Crippen molar-refractivity contribution in [2.75, 3.05) is 4.90 Å². The van der Waals surface area contributed by atoms with E-state index >= 15 is 0 Å². The van der Waals surface area contributed by atoms with Gasteiger partial charge in [0.15, 0.2) is 6.23 Å². The van der Waals surface area contributed by atoms with E-state index in [2.05, 4.69) is 77.4 Å². The van der Waals surface area contributed by atoms with Crippen molar-refractivity contribution in [1.29, 1.82) is 0 Å². The van der Waals surface area contributed by atoms with E-state index in [1.165, 1.54) is 32.4 Å². The lowest BCUT2D eigenvalue weighted by Gasteiger charge is -2.36. The number of hydrogen-bond donors (Lipinski definition) is 1. The van der Waals surface area contributed by atoms with E-state index in [1.807, 2.05) is 41.3 Å². The van der Waals surface area contributed by atoms with Gasteiger partial charge in [0.25, 0.3) is 0 Å². The molecule has 1 aromatic heterocycles. The Bertz CT molecular complexity index is 1650. The molecule has 6 aromatic rings. The van der Waals surface area contributed by atoms with Crippen LogP contribution in [-0.2, 0) is 0 Å². The molecule has 7 rings (SSSR count). The smallest absolute Gasteiger partial charge is 0.160 e. The van der Waals surface area contributed by atoms with Crippen molar-refractivity contribution in [1.82, 2.24) is 4.57 Å². The molecule has 3 heteroatoms. The largest absolute Gasteiger partial charge is 0.369 e.